The minimum atomic E-state index is -0.817. The largest absolute Gasteiger partial charge is 0.394 e. The van der Waals surface area contributed by atoms with E-state index in [1.807, 2.05) is 6.07 Å². The summed E-state index contributed by atoms with van der Waals surface area (Å²) in [5, 5.41) is 29.0. The summed E-state index contributed by atoms with van der Waals surface area (Å²) in [7, 11) is 0. The van der Waals surface area contributed by atoms with Gasteiger partial charge >= 0.3 is 0 Å². The van der Waals surface area contributed by atoms with E-state index < -0.39 is 6.10 Å². The molecule has 1 heterocycles. The van der Waals surface area contributed by atoms with Gasteiger partial charge in [0.1, 0.15) is 5.82 Å². The van der Waals surface area contributed by atoms with Crippen molar-refractivity contribution in [1.29, 1.82) is 5.26 Å². The molecule has 3 N–H and O–H groups in total. The Morgan fingerprint density at radius 3 is 3.07 bits per heavy atom. The molecule has 1 aromatic heterocycles. The number of nitrogens with one attached hydrogen (secondary N) is 1. The van der Waals surface area contributed by atoms with Crippen molar-refractivity contribution in [3.8, 4) is 6.07 Å². The van der Waals surface area contributed by atoms with Gasteiger partial charge in [-0.25, -0.2) is 4.98 Å². The zero-order valence-electron chi connectivity index (χ0n) is 7.51. The monoisotopic (exact) mass is 193 g/mol. The molecule has 74 valence electrons. The highest BCUT2D eigenvalue weighted by molar-refractivity contribution is 5.42. The fourth-order valence-electron chi connectivity index (χ4n) is 0.884. The van der Waals surface area contributed by atoms with Crippen LogP contribution in [-0.2, 0) is 0 Å². The molecule has 0 aliphatic rings. The maximum absolute atomic E-state index is 9.04. The van der Waals surface area contributed by atoms with Crippen molar-refractivity contribution in [3.05, 3.63) is 23.9 Å². The minimum absolute atomic E-state index is 0.207. The fourth-order valence-corrected chi connectivity index (χ4v) is 0.884. The lowest BCUT2D eigenvalue weighted by atomic mass is 10.3. The summed E-state index contributed by atoms with van der Waals surface area (Å²) in [5.74, 6) is 0.511. The van der Waals surface area contributed by atoms with Crippen LogP contribution >= 0.6 is 0 Å². The highest BCUT2D eigenvalue weighted by Gasteiger charge is 2.01. The van der Waals surface area contributed by atoms with E-state index in [2.05, 4.69) is 10.3 Å². The van der Waals surface area contributed by atoms with Crippen molar-refractivity contribution in [1.82, 2.24) is 4.98 Å². The zero-order chi connectivity index (χ0) is 10.4. The van der Waals surface area contributed by atoms with Gasteiger partial charge in [-0.3, -0.25) is 0 Å². The van der Waals surface area contributed by atoms with Crippen LogP contribution in [0.15, 0.2) is 18.3 Å². The minimum Gasteiger partial charge on any atom is -0.394 e. The number of aliphatic hydroxyl groups is 2. The molecule has 1 atom stereocenters. The first-order valence-corrected chi connectivity index (χ1v) is 4.15. The molecule has 0 saturated carbocycles. The van der Waals surface area contributed by atoms with Crippen molar-refractivity contribution >= 4 is 5.82 Å². The molecule has 5 nitrogen and oxygen atoms in total. The van der Waals surface area contributed by atoms with Gasteiger partial charge < -0.3 is 15.5 Å². The Hall–Kier alpha value is -1.64. The van der Waals surface area contributed by atoms with Gasteiger partial charge in [0.2, 0.25) is 0 Å². The van der Waals surface area contributed by atoms with Crippen LogP contribution in [0.25, 0.3) is 0 Å². The topological polar surface area (TPSA) is 89.2 Å². The number of anilines is 1. The van der Waals surface area contributed by atoms with E-state index in [9.17, 15) is 0 Å². The van der Waals surface area contributed by atoms with Crippen LogP contribution < -0.4 is 5.32 Å². The number of nitriles is 1. The summed E-state index contributed by atoms with van der Waals surface area (Å²) in [6.45, 7) is -0.0939. The number of aromatic nitrogens is 1. The maximum Gasteiger partial charge on any atom is 0.127 e. The van der Waals surface area contributed by atoms with Crippen molar-refractivity contribution in [2.45, 2.75) is 6.10 Å². The van der Waals surface area contributed by atoms with Gasteiger partial charge in [0.25, 0.3) is 0 Å². The first kappa shape index (κ1) is 10.4. The lowest BCUT2D eigenvalue weighted by molar-refractivity contribution is 0.105. The Balaban J connectivity index is 2.55. The van der Waals surface area contributed by atoms with Crippen LogP contribution in [0.1, 0.15) is 5.56 Å². The summed E-state index contributed by atoms with van der Waals surface area (Å²) in [4.78, 5) is 3.94. The Kier molecular flexibility index (Phi) is 3.85. The lowest BCUT2D eigenvalue weighted by Gasteiger charge is -2.08. The summed E-state index contributed by atoms with van der Waals surface area (Å²) in [5.41, 5.74) is 0.501. The fraction of sp³-hybridized carbons (Fsp3) is 0.333. The number of hydrogen-bond acceptors (Lipinski definition) is 5. The number of pyridine rings is 1. The molecule has 0 fully saturated rings. The third-order valence-corrected chi connectivity index (χ3v) is 1.62. The molecule has 0 aliphatic heterocycles. The van der Waals surface area contributed by atoms with Gasteiger partial charge in [0, 0.05) is 12.7 Å². The molecule has 0 bridgehead atoms. The van der Waals surface area contributed by atoms with Gasteiger partial charge in [-0.15, -0.1) is 0 Å². The average Bonchev–Trinajstić information content (AvgIpc) is 2.26. The molecule has 0 saturated heterocycles. The van der Waals surface area contributed by atoms with Gasteiger partial charge in [0.05, 0.1) is 24.3 Å². The highest BCUT2D eigenvalue weighted by Crippen LogP contribution is 2.05. The van der Waals surface area contributed by atoms with E-state index in [1.165, 1.54) is 6.20 Å². The van der Waals surface area contributed by atoms with E-state index in [4.69, 9.17) is 15.5 Å². The van der Waals surface area contributed by atoms with E-state index in [1.54, 1.807) is 12.1 Å². The quantitative estimate of drug-likeness (QED) is 0.612. The third-order valence-electron chi connectivity index (χ3n) is 1.62. The molecular formula is C9H11N3O2. The number of aliphatic hydroxyl groups excluding tert-OH is 2. The van der Waals surface area contributed by atoms with Crippen LogP contribution in [0.2, 0.25) is 0 Å². The van der Waals surface area contributed by atoms with Crippen molar-refractivity contribution in [3.63, 3.8) is 0 Å². The van der Waals surface area contributed by atoms with Crippen LogP contribution in [0.4, 0.5) is 5.82 Å². The molecule has 0 radical (unpaired) electrons. The molecule has 1 unspecified atom stereocenters. The van der Waals surface area contributed by atoms with Crippen molar-refractivity contribution in [2.24, 2.45) is 0 Å². The maximum atomic E-state index is 9.04. The van der Waals surface area contributed by atoms with Crippen LogP contribution in [0, 0.1) is 11.3 Å². The predicted molar refractivity (Wildman–Crippen MR) is 50.5 cm³/mol. The normalized spacial score (nSPS) is 11.8. The van der Waals surface area contributed by atoms with Crippen LogP contribution in [0.5, 0.6) is 0 Å². The van der Waals surface area contributed by atoms with Gasteiger partial charge in [-0.1, -0.05) is 0 Å². The molecular weight excluding hydrogens is 182 g/mol. The SMILES string of the molecule is N#Cc1ccnc(NCC(O)CO)c1. The summed E-state index contributed by atoms with van der Waals surface area (Å²) in [6.07, 6.45) is 0.689. The Labute approximate surface area is 81.6 Å². The first-order valence-electron chi connectivity index (χ1n) is 4.15. The van der Waals surface area contributed by atoms with E-state index in [0.717, 1.165) is 0 Å². The zero-order valence-corrected chi connectivity index (χ0v) is 7.51. The second-order valence-corrected chi connectivity index (χ2v) is 2.76. The smallest absolute Gasteiger partial charge is 0.127 e. The number of hydrogen-bond donors (Lipinski definition) is 3. The number of rotatable bonds is 4. The Morgan fingerprint density at radius 2 is 2.43 bits per heavy atom. The Morgan fingerprint density at radius 1 is 1.64 bits per heavy atom. The summed E-state index contributed by atoms with van der Waals surface area (Å²) >= 11 is 0. The van der Waals surface area contributed by atoms with Crippen molar-refractivity contribution < 1.29 is 10.2 Å². The lowest BCUT2D eigenvalue weighted by Crippen LogP contribution is -2.23. The highest BCUT2D eigenvalue weighted by atomic mass is 16.3. The van der Waals surface area contributed by atoms with E-state index >= 15 is 0 Å². The van der Waals surface area contributed by atoms with Gasteiger partial charge in [-0.05, 0) is 12.1 Å². The van der Waals surface area contributed by atoms with Crippen molar-refractivity contribution in [2.75, 3.05) is 18.5 Å². The third kappa shape index (κ3) is 3.01. The summed E-state index contributed by atoms with van der Waals surface area (Å²) < 4.78 is 0. The molecule has 1 rings (SSSR count). The van der Waals surface area contributed by atoms with E-state index in [0.29, 0.717) is 11.4 Å². The van der Waals surface area contributed by atoms with Gasteiger partial charge in [0.15, 0.2) is 0 Å². The molecule has 0 aromatic carbocycles. The predicted octanol–water partition coefficient (Wildman–Crippen LogP) is -0.282. The summed E-state index contributed by atoms with van der Waals surface area (Å²) in [6, 6.07) is 5.14. The van der Waals surface area contributed by atoms with Gasteiger partial charge in [-0.2, -0.15) is 5.26 Å². The van der Waals surface area contributed by atoms with Crippen LogP contribution in [0.3, 0.4) is 0 Å². The average molecular weight is 193 g/mol. The Bertz CT molecular complexity index is 335. The number of nitrogens with zero attached hydrogens (tertiary/aromatic N) is 2. The first-order chi connectivity index (χ1) is 6.76. The standard InChI is InChI=1S/C9H11N3O2/c10-4-7-1-2-11-9(3-7)12-5-8(14)6-13/h1-3,8,13-14H,5-6H2,(H,11,12). The second kappa shape index (κ2) is 5.17. The van der Waals surface area contributed by atoms with E-state index in [-0.39, 0.29) is 13.2 Å². The second-order valence-electron chi connectivity index (χ2n) is 2.76. The molecule has 1 aromatic rings. The molecule has 0 amide bonds. The molecule has 0 spiro atoms. The molecule has 5 heteroatoms. The van der Waals surface area contributed by atoms with Crippen LogP contribution in [-0.4, -0.2) is 34.5 Å². The molecule has 14 heavy (non-hydrogen) atoms. The molecule has 0 aliphatic carbocycles.